The number of methoxy groups -OCH3 is 1. The van der Waals surface area contributed by atoms with E-state index in [9.17, 15) is 14.0 Å². The zero-order chi connectivity index (χ0) is 18.4. The number of furan rings is 1. The second kappa shape index (κ2) is 8.46. The zero-order valence-corrected chi connectivity index (χ0v) is 14.5. The Morgan fingerprint density at radius 3 is 2.56 bits per heavy atom. The molecule has 0 saturated carbocycles. The number of aryl methyl sites for hydroxylation is 1. The van der Waals surface area contributed by atoms with E-state index < -0.39 is 12.0 Å². The van der Waals surface area contributed by atoms with E-state index in [1.165, 1.54) is 13.2 Å². The fourth-order valence-electron chi connectivity index (χ4n) is 2.43. The number of rotatable bonds is 7. The summed E-state index contributed by atoms with van der Waals surface area (Å²) in [6.45, 7) is 3.66. The van der Waals surface area contributed by atoms with E-state index in [4.69, 9.17) is 9.15 Å². The SMILES string of the molecule is COC(=O)[C@@H](NC(=O)CCc1ccc(-c2ccccc2F)o1)C(C)C. The summed E-state index contributed by atoms with van der Waals surface area (Å²) < 4.78 is 24.1. The van der Waals surface area contributed by atoms with Gasteiger partial charge in [0.25, 0.3) is 0 Å². The first-order valence-electron chi connectivity index (χ1n) is 8.13. The van der Waals surface area contributed by atoms with E-state index in [1.807, 2.05) is 13.8 Å². The molecule has 1 heterocycles. The Balaban J connectivity index is 1.94. The minimum atomic E-state index is -0.678. The van der Waals surface area contributed by atoms with E-state index >= 15 is 0 Å². The molecule has 0 bridgehead atoms. The van der Waals surface area contributed by atoms with Gasteiger partial charge in [0.1, 0.15) is 23.4 Å². The smallest absolute Gasteiger partial charge is 0.328 e. The van der Waals surface area contributed by atoms with Crippen molar-refractivity contribution < 1.29 is 23.1 Å². The molecular weight excluding hydrogens is 325 g/mol. The third kappa shape index (κ3) is 4.92. The number of carbonyl (C=O) groups is 2. The minimum absolute atomic E-state index is 0.0762. The highest BCUT2D eigenvalue weighted by Crippen LogP contribution is 2.25. The summed E-state index contributed by atoms with van der Waals surface area (Å²) in [4.78, 5) is 23.7. The molecule has 1 N–H and O–H groups in total. The van der Waals surface area contributed by atoms with Crippen molar-refractivity contribution in [3.8, 4) is 11.3 Å². The van der Waals surface area contributed by atoms with Gasteiger partial charge in [0, 0.05) is 12.8 Å². The third-order valence-corrected chi connectivity index (χ3v) is 3.84. The summed E-state index contributed by atoms with van der Waals surface area (Å²) in [7, 11) is 1.29. The van der Waals surface area contributed by atoms with E-state index in [2.05, 4.69) is 5.32 Å². The fraction of sp³-hybridized carbons (Fsp3) is 0.368. The van der Waals surface area contributed by atoms with E-state index in [-0.39, 0.29) is 24.1 Å². The van der Waals surface area contributed by atoms with Crippen molar-refractivity contribution in [3.63, 3.8) is 0 Å². The van der Waals surface area contributed by atoms with Crippen LogP contribution in [-0.4, -0.2) is 25.0 Å². The molecule has 2 aromatic rings. The number of halogens is 1. The maximum absolute atomic E-state index is 13.8. The first kappa shape index (κ1) is 18.7. The van der Waals surface area contributed by atoms with Crippen molar-refractivity contribution in [3.05, 3.63) is 48.0 Å². The van der Waals surface area contributed by atoms with Gasteiger partial charge in [0.15, 0.2) is 0 Å². The molecule has 1 aromatic heterocycles. The highest BCUT2D eigenvalue weighted by atomic mass is 19.1. The maximum atomic E-state index is 13.8. The van der Waals surface area contributed by atoms with Crippen molar-refractivity contribution in [1.82, 2.24) is 5.32 Å². The molecule has 1 atom stereocenters. The molecule has 6 heteroatoms. The average molecular weight is 347 g/mol. The quantitative estimate of drug-likeness (QED) is 0.780. The lowest BCUT2D eigenvalue weighted by Gasteiger charge is -2.19. The largest absolute Gasteiger partial charge is 0.467 e. The highest BCUT2D eigenvalue weighted by Gasteiger charge is 2.24. The topological polar surface area (TPSA) is 68.5 Å². The van der Waals surface area contributed by atoms with E-state index in [0.29, 0.717) is 23.5 Å². The Morgan fingerprint density at radius 1 is 1.20 bits per heavy atom. The first-order valence-corrected chi connectivity index (χ1v) is 8.13. The second-order valence-electron chi connectivity index (χ2n) is 6.06. The van der Waals surface area contributed by atoms with Crippen LogP contribution in [0.4, 0.5) is 4.39 Å². The molecular formula is C19H22FNO4. The van der Waals surface area contributed by atoms with E-state index in [1.54, 1.807) is 30.3 Å². The molecule has 0 unspecified atom stereocenters. The van der Waals surface area contributed by atoms with Crippen LogP contribution in [0, 0.1) is 11.7 Å². The average Bonchev–Trinajstić information content (AvgIpc) is 3.06. The lowest BCUT2D eigenvalue weighted by atomic mass is 10.0. The normalized spacial score (nSPS) is 12.0. The Hall–Kier alpha value is -2.63. The molecule has 0 aliphatic rings. The van der Waals surface area contributed by atoms with Crippen molar-refractivity contribution in [1.29, 1.82) is 0 Å². The van der Waals surface area contributed by atoms with Gasteiger partial charge in [-0.25, -0.2) is 9.18 Å². The molecule has 0 fully saturated rings. The molecule has 1 aromatic carbocycles. The van der Waals surface area contributed by atoms with Gasteiger partial charge in [0.2, 0.25) is 5.91 Å². The fourth-order valence-corrected chi connectivity index (χ4v) is 2.43. The first-order chi connectivity index (χ1) is 11.9. The molecule has 0 radical (unpaired) electrons. The molecule has 2 rings (SSSR count). The van der Waals surface area contributed by atoms with Gasteiger partial charge in [-0.1, -0.05) is 26.0 Å². The van der Waals surface area contributed by atoms with E-state index in [0.717, 1.165) is 0 Å². The van der Waals surface area contributed by atoms with Crippen LogP contribution in [0.1, 0.15) is 26.0 Å². The van der Waals surface area contributed by atoms with Crippen molar-refractivity contribution >= 4 is 11.9 Å². The summed E-state index contributed by atoms with van der Waals surface area (Å²) in [5.41, 5.74) is 0.378. The van der Waals surface area contributed by atoms with Crippen LogP contribution in [-0.2, 0) is 20.7 Å². The molecule has 0 aliphatic carbocycles. The van der Waals surface area contributed by atoms with Gasteiger partial charge in [-0.05, 0) is 30.2 Å². The monoisotopic (exact) mass is 347 g/mol. The van der Waals surface area contributed by atoms with Crippen LogP contribution in [0.25, 0.3) is 11.3 Å². The summed E-state index contributed by atoms with van der Waals surface area (Å²) in [6.07, 6.45) is 0.511. The molecule has 5 nitrogen and oxygen atoms in total. The van der Waals surface area contributed by atoms with Crippen LogP contribution >= 0.6 is 0 Å². The minimum Gasteiger partial charge on any atom is -0.467 e. The number of nitrogens with one attached hydrogen (secondary N) is 1. The van der Waals surface area contributed by atoms with Crippen molar-refractivity contribution in [2.24, 2.45) is 5.92 Å². The van der Waals surface area contributed by atoms with Crippen LogP contribution in [0.2, 0.25) is 0 Å². The van der Waals surface area contributed by atoms with Gasteiger partial charge >= 0.3 is 5.97 Å². The maximum Gasteiger partial charge on any atom is 0.328 e. The van der Waals surface area contributed by atoms with Crippen LogP contribution in [0.3, 0.4) is 0 Å². The number of carbonyl (C=O) groups excluding carboxylic acids is 2. The van der Waals surface area contributed by atoms with Crippen LogP contribution in [0.5, 0.6) is 0 Å². The lowest BCUT2D eigenvalue weighted by Crippen LogP contribution is -2.45. The van der Waals surface area contributed by atoms with Crippen molar-refractivity contribution in [2.75, 3.05) is 7.11 Å². The number of esters is 1. The molecule has 134 valence electrons. The summed E-state index contributed by atoms with van der Waals surface area (Å²) in [6, 6.07) is 9.06. The third-order valence-electron chi connectivity index (χ3n) is 3.84. The molecule has 0 aliphatic heterocycles. The van der Waals surface area contributed by atoms with Gasteiger partial charge in [-0.2, -0.15) is 0 Å². The van der Waals surface area contributed by atoms with Gasteiger partial charge in [0.05, 0.1) is 12.7 Å². The number of ether oxygens (including phenoxy) is 1. The molecule has 25 heavy (non-hydrogen) atoms. The summed E-state index contributed by atoms with van der Waals surface area (Å²) in [5.74, 6) is -0.182. The number of amides is 1. The van der Waals surface area contributed by atoms with Gasteiger partial charge in [-0.3, -0.25) is 4.79 Å². The number of hydrogen-bond donors (Lipinski definition) is 1. The van der Waals surface area contributed by atoms with Crippen molar-refractivity contribution in [2.45, 2.75) is 32.7 Å². The molecule has 0 spiro atoms. The second-order valence-corrected chi connectivity index (χ2v) is 6.06. The predicted molar refractivity (Wildman–Crippen MR) is 91.2 cm³/mol. The molecule has 1 amide bonds. The Morgan fingerprint density at radius 2 is 1.92 bits per heavy atom. The zero-order valence-electron chi connectivity index (χ0n) is 14.5. The summed E-state index contributed by atoms with van der Waals surface area (Å²) >= 11 is 0. The predicted octanol–water partition coefficient (Wildman–Crippen LogP) is 3.33. The highest BCUT2D eigenvalue weighted by molar-refractivity contribution is 5.84. The number of benzene rings is 1. The van der Waals surface area contributed by atoms with Crippen LogP contribution < -0.4 is 5.32 Å². The van der Waals surface area contributed by atoms with Crippen LogP contribution in [0.15, 0.2) is 40.8 Å². The Bertz CT molecular complexity index is 739. The van der Waals surface area contributed by atoms with Gasteiger partial charge < -0.3 is 14.5 Å². The Labute approximate surface area is 146 Å². The number of hydrogen-bond acceptors (Lipinski definition) is 4. The van der Waals surface area contributed by atoms with Gasteiger partial charge in [-0.15, -0.1) is 0 Å². The lowest BCUT2D eigenvalue weighted by molar-refractivity contribution is -0.146. The molecule has 0 saturated heterocycles. The standard InChI is InChI=1S/C19H22FNO4/c1-12(2)18(19(23)24-3)21-17(22)11-9-13-8-10-16(25-13)14-6-4-5-7-15(14)20/h4-8,10,12,18H,9,11H2,1-3H3,(H,21,22)/t18-/m0/s1. The summed E-state index contributed by atoms with van der Waals surface area (Å²) in [5, 5.41) is 2.67. The Kier molecular flexibility index (Phi) is 6.33.